The molecule has 1 saturated carbocycles. The highest BCUT2D eigenvalue weighted by molar-refractivity contribution is 4.82. The van der Waals surface area contributed by atoms with Crippen LogP contribution in [0, 0.1) is 11.8 Å². The lowest BCUT2D eigenvalue weighted by atomic mass is 9.72. The highest BCUT2D eigenvalue weighted by atomic mass is 16.3. The summed E-state index contributed by atoms with van der Waals surface area (Å²) < 4.78 is 0. The van der Waals surface area contributed by atoms with Gasteiger partial charge < -0.3 is 10.2 Å². The van der Waals surface area contributed by atoms with Gasteiger partial charge in [0.25, 0.3) is 0 Å². The van der Waals surface area contributed by atoms with Crippen molar-refractivity contribution in [1.29, 1.82) is 0 Å². The first-order valence-corrected chi connectivity index (χ1v) is 3.54. The normalized spacial score (nSPS) is 37.7. The molecule has 3 unspecified atom stereocenters. The number of hydrogen-bond donors (Lipinski definition) is 2. The molecule has 1 rings (SSSR count). The zero-order valence-electron chi connectivity index (χ0n) is 5.75. The van der Waals surface area contributed by atoms with E-state index in [0.717, 1.165) is 6.42 Å². The van der Waals surface area contributed by atoms with Gasteiger partial charge in [-0.2, -0.15) is 0 Å². The number of aliphatic hydroxyl groups is 2. The van der Waals surface area contributed by atoms with Crippen LogP contribution in [0.1, 0.15) is 19.8 Å². The standard InChI is InChI=1S/C7H14O2/c1-5-2-3-6(5)7(9)4-8/h5-9H,2-4H2,1H3. The summed E-state index contributed by atoms with van der Waals surface area (Å²) in [7, 11) is 0. The van der Waals surface area contributed by atoms with Gasteiger partial charge in [-0.15, -0.1) is 0 Å². The Morgan fingerprint density at radius 2 is 2.22 bits per heavy atom. The second-order valence-electron chi connectivity index (χ2n) is 2.97. The molecule has 54 valence electrons. The van der Waals surface area contributed by atoms with E-state index in [1.54, 1.807) is 0 Å². The van der Waals surface area contributed by atoms with Crippen LogP contribution in [0.5, 0.6) is 0 Å². The number of rotatable bonds is 2. The molecule has 3 atom stereocenters. The molecule has 0 radical (unpaired) electrons. The van der Waals surface area contributed by atoms with Crippen molar-refractivity contribution in [3.8, 4) is 0 Å². The summed E-state index contributed by atoms with van der Waals surface area (Å²) in [6.45, 7) is 2.04. The van der Waals surface area contributed by atoms with Gasteiger partial charge in [0.15, 0.2) is 0 Å². The third-order valence-electron chi connectivity index (χ3n) is 2.37. The largest absolute Gasteiger partial charge is 0.394 e. The van der Waals surface area contributed by atoms with Gasteiger partial charge in [-0.1, -0.05) is 6.92 Å². The molecule has 1 aliphatic rings. The lowest BCUT2D eigenvalue weighted by Gasteiger charge is -2.36. The van der Waals surface area contributed by atoms with Crippen LogP contribution < -0.4 is 0 Å². The average molecular weight is 130 g/mol. The van der Waals surface area contributed by atoms with Gasteiger partial charge in [-0.3, -0.25) is 0 Å². The van der Waals surface area contributed by atoms with E-state index < -0.39 is 6.10 Å². The van der Waals surface area contributed by atoms with Crippen molar-refractivity contribution in [1.82, 2.24) is 0 Å². The van der Waals surface area contributed by atoms with Crippen molar-refractivity contribution in [3.05, 3.63) is 0 Å². The molecule has 1 aliphatic carbocycles. The molecule has 2 heteroatoms. The summed E-state index contributed by atoms with van der Waals surface area (Å²) in [5.41, 5.74) is 0. The van der Waals surface area contributed by atoms with E-state index in [2.05, 4.69) is 6.92 Å². The summed E-state index contributed by atoms with van der Waals surface area (Å²) in [5, 5.41) is 17.6. The van der Waals surface area contributed by atoms with Crippen molar-refractivity contribution in [2.45, 2.75) is 25.9 Å². The van der Waals surface area contributed by atoms with E-state index in [0.29, 0.717) is 11.8 Å². The minimum atomic E-state index is -0.464. The van der Waals surface area contributed by atoms with Crippen molar-refractivity contribution < 1.29 is 10.2 Å². The van der Waals surface area contributed by atoms with E-state index in [-0.39, 0.29) is 6.61 Å². The topological polar surface area (TPSA) is 40.5 Å². The fourth-order valence-electron chi connectivity index (χ4n) is 1.40. The minimum Gasteiger partial charge on any atom is -0.394 e. The second kappa shape index (κ2) is 2.67. The Balaban J connectivity index is 2.25. The van der Waals surface area contributed by atoms with Crippen LogP contribution in [-0.2, 0) is 0 Å². The van der Waals surface area contributed by atoms with Gasteiger partial charge in [0, 0.05) is 0 Å². The third kappa shape index (κ3) is 1.25. The van der Waals surface area contributed by atoms with Crippen LogP contribution in [0.2, 0.25) is 0 Å². The van der Waals surface area contributed by atoms with Crippen molar-refractivity contribution in [2.24, 2.45) is 11.8 Å². The fourth-order valence-corrected chi connectivity index (χ4v) is 1.40. The van der Waals surface area contributed by atoms with Gasteiger partial charge in [0.05, 0.1) is 12.7 Å². The van der Waals surface area contributed by atoms with Crippen LogP contribution in [0.4, 0.5) is 0 Å². The Kier molecular flexibility index (Phi) is 2.09. The van der Waals surface area contributed by atoms with Gasteiger partial charge in [0.1, 0.15) is 0 Å². The van der Waals surface area contributed by atoms with E-state index in [1.807, 2.05) is 0 Å². The quantitative estimate of drug-likeness (QED) is 0.567. The smallest absolute Gasteiger partial charge is 0.0801 e. The monoisotopic (exact) mass is 130 g/mol. The van der Waals surface area contributed by atoms with E-state index >= 15 is 0 Å². The summed E-state index contributed by atoms with van der Waals surface area (Å²) >= 11 is 0. The molecule has 9 heavy (non-hydrogen) atoms. The molecule has 2 N–H and O–H groups in total. The van der Waals surface area contributed by atoms with Crippen LogP contribution in [0.25, 0.3) is 0 Å². The molecule has 0 spiro atoms. The molecule has 0 aromatic rings. The predicted octanol–water partition coefficient (Wildman–Crippen LogP) is 0.386. The molecule has 0 aromatic heterocycles. The Labute approximate surface area is 55.5 Å². The molecule has 1 fully saturated rings. The average Bonchev–Trinajstić information content (AvgIpc) is 1.84. The summed E-state index contributed by atoms with van der Waals surface area (Å²) in [6.07, 6.45) is 1.83. The van der Waals surface area contributed by atoms with E-state index in [1.165, 1.54) is 6.42 Å². The van der Waals surface area contributed by atoms with Crippen molar-refractivity contribution in [2.75, 3.05) is 6.61 Å². The molecule has 0 bridgehead atoms. The van der Waals surface area contributed by atoms with Crippen LogP contribution in [-0.4, -0.2) is 22.9 Å². The summed E-state index contributed by atoms with van der Waals surface area (Å²) in [4.78, 5) is 0. The first-order valence-electron chi connectivity index (χ1n) is 3.54. The Bertz CT molecular complexity index is 92.9. The lowest BCUT2D eigenvalue weighted by Crippen LogP contribution is -2.36. The second-order valence-corrected chi connectivity index (χ2v) is 2.97. The van der Waals surface area contributed by atoms with Crippen LogP contribution in [0.15, 0.2) is 0 Å². The molecular weight excluding hydrogens is 116 g/mol. The summed E-state index contributed by atoms with van der Waals surface area (Å²) in [5.74, 6) is 0.988. The Morgan fingerprint density at radius 1 is 1.56 bits per heavy atom. The third-order valence-corrected chi connectivity index (χ3v) is 2.37. The molecule has 0 saturated heterocycles. The maximum atomic E-state index is 9.10. The van der Waals surface area contributed by atoms with E-state index in [4.69, 9.17) is 10.2 Å². The van der Waals surface area contributed by atoms with Gasteiger partial charge >= 0.3 is 0 Å². The molecule has 2 nitrogen and oxygen atoms in total. The van der Waals surface area contributed by atoms with Crippen LogP contribution >= 0.6 is 0 Å². The molecule has 0 aliphatic heterocycles. The maximum absolute atomic E-state index is 9.10. The highest BCUT2D eigenvalue weighted by Gasteiger charge is 2.32. The lowest BCUT2D eigenvalue weighted by molar-refractivity contribution is -0.0146. The van der Waals surface area contributed by atoms with Crippen molar-refractivity contribution in [3.63, 3.8) is 0 Å². The van der Waals surface area contributed by atoms with E-state index in [9.17, 15) is 0 Å². The Hall–Kier alpha value is -0.0800. The van der Waals surface area contributed by atoms with Gasteiger partial charge in [0.2, 0.25) is 0 Å². The summed E-state index contributed by atoms with van der Waals surface area (Å²) in [6, 6.07) is 0. The molecule has 0 aromatic carbocycles. The number of aliphatic hydroxyl groups excluding tert-OH is 2. The molecule has 0 amide bonds. The van der Waals surface area contributed by atoms with Gasteiger partial charge in [-0.05, 0) is 24.7 Å². The van der Waals surface area contributed by atoms with Crippen LogP contribution in [0.3, 0.4) is 0 Å². The first kappa shape index (κ1) is 7.03. The minimum absolute atomic E-state index is 0.0744. The van der Waals surface area contributed by atoms with Gasteiger partial charge in [-0.25, -0.2) is 0 Å². The predicted molar refractivity (Wildman–Crippen MR) is 35.0 cm³/mol. The SMILES string of the molecule is CC1CCC1C(O)CO. The molecule has 0 heterocycles. The number of hydrogen-bond acceptors (Lipinski definition) is 2. The fraction of sp³-hybridized carbons (Fsp3) is 1.00. The Morgan fingerprint density at radius 3 is 2.33 bits per heavy atom. The maximum Gasteiger partial charge on any atom is 0.0801 e. The first-order chi connectivity index (χ1) is 4.25. The zero-order valence-corrected chi connectivity index (χ0v) is 5.75. The van der Waals surface area contributed by atoms with Crippen molar-refractivity contribution >= 4 is 0 Å². The highest BCUT2D eigenvalue weighted by Crippen LogP contribution is 2.35. The zero-order chi connectivity index (χ0) is 6.85. The molecular formula is C7H14O2.